The van der Waals surface area contributed by atoms with Crippen molar-refractivity contribution in [3.63, 3.8) is 0 Å². The summed E-state index contributed by atoms with van der Waals surface area (Å²) in [7, 11) is 0. The number of hydrogen-bond acceptors (Lipinski definition) is 4. The summed E-state index contributed by atoms with van der Waals surface area (Å²) in [6, 6.07) is 2.22. The van der Waals surface area contributed by atoms with Gasteiger partial charge in [-0.15, -0.1) is 6.58 Å². The lowest BCUT2D eigenvalue weighted by molar-refractivity contribution is -0.126. The zero-order chi connectivity index (χ0) is 14.3. The molecule has 1 saturated heterocycles. The number of hydrogen-bond donors (Lipinski definition) is 1. The predicted molar refractivity (Wildman–Crippen MR) is 75.5 cm³/mol. The summed E-state index contributed by atoms with van der Waals surface area (Å²) in [6.07, 6.45) is 2.53. The molecule has 2 atom stereocenters. The van der Waals surface area contributed by atoms with Crippen LogP contribution < -0.4 is 5.32 Å². The van der Waals surface area contributed by atoms with E-state index in [2.05, 4.69) is 27.8 Å². The van der Waals surface area contributed by atoms with E-state index in [1.54, 1.807) is 6.08 Å². The van der Waals surface area contributed by atoms with Crippen molar-refractivity contribution in [1.82, 2.24) is 15.1 Å². The lowest BCUT2D eigenvalue weighted by atomic mass is 10.1. The van der Waals surface area contributed by atoms with E-state index in [-0.39, 0.29) is 18.0 Å². The Labute approximate surface area is 115 Å². The van der Waals surface area contributed by atoms with E-state index in [4.69, 9.17) is 5.26 Å². The van der Waals surface area contributed by atoms with Crippen LogP contribution in [0.4, 0.5) is 0 Å². The molecule has 1 N–H and O–H groups in total. The van der Waals surface area contributed by atoms with Gasteiger partial charge in [-0.3, -0.25) is 14.6 Å². The van der Waals surface area contributed by atoms with E-state index in [0.717, 1.165) is 32.6 Å². The highest BCUT2D eigenvalue weighted by molar-refractivity contribution is 5.81. The molecule has 0 bridgehead atoms. The maximum absolute atomic E-state index is 11.9. The highest BCUT2D eigenvalue weighted by Crippen LogP contribution is 2.11. The molecule has 0 spiro atoms. The maximum atomic E-state index is 11.9. The first-order valence-electron chi connectivity index (χ1n) is 6.90. The van der Waals surface area contributed by atoms with Crippen LogP contribution in [0.1, 0.15) is 20.3 Å². The molecule has 0 aromatic carbocycles. The Morgan fingerprint density at radius 1 is 1.42 bits per heavy atom. The topological polar surface area (TPSA) is 59.4 Å². The molecular formula is C14H24N4O. The molecule has 1 heterocycles. The van der Waals surface area contributed by atoms with E-state index in [9.17, 15) is 4.79 Å². The summed E-state index contributed by atoms with van der Waals surface area (Å²) in [4.78, 5) is 16.2. The number of amides is 1. The van der Waals surface area contributed by atoms with Crippen molar-refractivity contribution < 1.29 is 4.79 Å². The molecule has 1 fully saturated rings. The molecule has 1 amide bonds. The minimum Gasteiger partial charge on any atom is -0.351 e. The second-order valence-corrected chi connectivity index (χ2v) is 4.83. The smallest absolute Gasteiger partial charge is 0.237 e. The van der Waals surface area contributed by atoms with E-state index in [1.165, 1.54) is 0 Å². The van der Waals surface area contributed by atoms with Gasteiger partial charge in [-0.25, -0.2) is 0 Å². The summed E-state index contributed by atoms with van der Waals surface area (Å²) in [6.45, 7) is 11.4. The molecule has 5 heteroatoms. The number of carbonyl (C=O) groups is 1. The van der Waals surface area contributed by atoms with Crippen LogP contribution in [0.5, 0.6) is 0 Å². The van der Waals surface area contributed by atoms with E-state index in [1.807, 2.05) is 13.8 Å². The lowest BCUT2D eigenvalue weighted by Crippen LogP contribution is -2.55. The second-order valence-electron chi connectivity index (χ2n) is 4.83. The summed E-state index contributed by atoms with van der Waals surface area (Å²) < 4.78 is 0. The second kappa shape index (κ2) is 7.93. The van der Waals surface area contributed by atoms with Gasteiger partial charge in [0.1, 0.15) is 0 Å². The van der Waals surface area contributed by atoms with Crippen molar-refractivity contribution in [1.29, 1.82) is 5.26 Å². The van der Waals surface area contributed by atoms with Crippen molar-refractivity contribution in [3.8, 4) is 6.07 Å². The highest BCUT2D eigenvalue weighted by Gasteiger charge is 2.27. The standard InChI is InChI=1S/C14H24N4O/c1-4-6-16-14(19)12(3)17-7-9-18(10-8-17)13(5-2)11-15/h4,12-13H,1,5-10H2,2-3H3,(H,16,19). The molecule has 0 aliphatic carbocycles. The van der Waals surface area contributed by atoms with Crippen LogP contribution in [0.3, 0.4) is 0 Å². The number of rotatable bonds is 6. The molecular weight excluding hydrogens is 240 g/mol. The fourth-order valence-electron chi connectivity index (χ4n) is 2.35. The Hall–Kier alpha value is -1.38. The van der Waals surface area contributed by atoms with Crippen LogP contribution in [0, 0.1) is 11.3 Å². The van der Waals surface area contributed by atoms with Gasteiger partial charge in [0, 0.05) is 32.7 Å². The average Bonchev–Trinajstić information content (AvgIpc) is 2.46. The van der Waals surface area contributed by atoms with Gasteiger partial charge in [-0.1, -0.05) is 13.0 Å². The molecule has 19 heavy (non-hydrogen) atoms. The van der Waals surface area contributed by atoms with Crippen LogP contribution in [0.2, 0.25) is 0 Å². The van der Waals surface area contributed by atoms with Crippen LogP contribution in [0.15, 0.2) is 12.7 Å². The van der Waals surface area contributed by atoms with E-state index < -0.39 is 0 Å². The summed E-state index contributed by atoms with van der Waals surface area (Å²) >= 11 is 0. The number of carbonyl (C=O) groups excluding carboxylic acids is 1. The maximum Gasteiger partial charge on any atom is 0.237 e. The van der Waals surface area contributed by atoms with Crippen LogP contribution in [0.25, 0.3) is 0 Å². The molecule has 0 radical (unpaired) electrons. The van der Waals surface area contributed by atoms with Crippen molar-refractivity contribution in [2.24, 2.45) is 0 Å². The summed E-state index contributed by atoms with van der Waals surface area (Å²) in [5.74, 6) is 0.0423. The monoisotopic (exact) mass is 264 g/mol. The highest BCUT2D eigenvalue weighted by atomic mass is 16.2. The Bertz CT molecular complexity index is 342. The molecule has 5 nitrogen and oxygen atoms in total. The SMILES string of the molecule is C=CCNC(=O)C(C)N1CCN(C(C#N)CC)CC1. The molecule has 0 aromatic heterocycles. The Morgan fingerprint density at radius 2 is 2.00 bits per heavy atom. The fourth-order valence-corrected chi connectivity index (χ4v) is 2.35. The van der Waals surface area contributed by atoms with Gasteiger partial charge >= 0.3 is 0 Å². The molecule has 1 aliphatic rings. The van der Waals surface area contributed by atoms with Gasteiger partial charge in [0.15, 0.2) is 0 Å². The van der Waals surface area contributed by atoms with Gasteiger partial charge in [0.25, 0.3) is 0 Å². The minimum atomic E-state index is -0.121. The average molecular weight is 264 g/mol. The molecule has 0 aromatic rings. The summed E-state index contributed by atoms with van der Waals surface area (Å²) in [5, 5.41) is 11.9. The van der Waals surface area contributed by atoms with Gasteiger partial charge in [0.2, 0.25) is 5.91 Å². The first-order chi connectivity index (χ1) is 9.13. The molecule has 0 saturated carbocycles. The Balaban J connectivity index is 2.43. The number of nitrogens with one attached hydrogen (secondary N) is 1. The van der Waals surface area contributed by atoms with Gasteiger partial charge in [0.05, 0.1) is 18.2 Å². The predicted octanol–water partition coefficient (Wildman–Crippen LogP) is 0.597. The molecule has 106 valence electrons. The third-order valence-electron chi connectivity index (χ3n) is 3.67. The first kappa shape index (κ1) is 15.7. The van der Waals surface area contributed by atoms with Crippen LogP contribution >= 0.6 is 0 Å². The van der Waals surface area contributed by atoms with Crippen molar-refractivity contribution in [2.75, 3.05) is 32.7 Å². The van der Waals surface area contributed by atoms with Crippen molar-refractivity contribution >= 4 is 5.91 Å². The van der Waals surface area contributed by atoms with Crippen molar-refractivity contribution in [3.05, 3.63) is 12.7 Å². The van der Waals surface area contributed by atoms with Crippen molar-refractivity contribution in [2.45, 2.75) is 32.4 Å². The molecule has 1 aliphatic heterocycles. The van der Waals surface area contributed by atoms with Gasteiger partial charge in [-0.05, 0) is 13.3 Å². The summed E-state index contributed by atoms with van der Waals surface area (Å²) in [5.41, 5.74) is 0. The molecule has 1 rings (SSSR count). The molecule has 2 unspecified atom stereocenters. The van der Waals surface area contributed by atoms with Crippen LogP contribution in [-0.2, 0) is 4.79 Å². The first-order valence-corrected chi connectivity index (χ1v) is 6.90. The number of piperazine rings is 1. The largest absolute Gasteiger partial charge is 0.351 e. The zero-order valence-corrected chi connectivity index (χ0v) is 11.9. The normalized spacial score (nSPS) is 20.3. The van der Waals surface area contributed by atoms with Crippen LogP contribution in [-0.4, -0.2) is 60.5 Å². The van der Waals surface area contributed by atoms with Gasteiger partial charge < -0.3 is 5.32 Å². The van der Waals surface area contributed by atoms with Gasteiger partial charge in [-0.2, -0.15) is 5.26 Å². The van der Waals surface area contributed by atoms with E-state index >= 15 is 0 Å². The number of nitriles is 1. The van der Waals surface area contributed by atoms with E-state index in [0.29, 0.717) is 6.54 Å². The quantitative estimate of drug-likeness (QED) is 0.714. The minimum absolute atomic E-state index is 0.00653. The zero-order valence-electron chi connectivity index (χ0n) is 11.9. The lowest BCUT2D eigenvalue weighted by Gasteiger charge is -2.38. The third-order valence-corrected chi connectivity index (χ3v) is 3.67. The Morgan fingerprint density at radius 3 is 2.47 bits per heavy atom. The Kier molecular flexibility index (Phi) is 6.54. The number of nitrogens with zero attached hydrogens (tertiary/aromatic N) is 3. The third kappa shape index (κ3) is 4.34. The fraction of sp³-hybridized carbons (Fsp3) is 0.714.